The van der Waals surface area contributed by atoms with Crippen molar-refractivity contribution in [3.8, 4) is 0 Å². The molecular formula is C15H20N4S2. The molecule has 0 saturated carbocycles. The number of aromatic nitrogens is 1. The molecule has 2 rings (SSSR count). The van der Waals surface area contributed by atoms with Crippen molar-refractivity contribution in [2.75, 3.05) is 19.3 Å². The molecular weight excluding hydrogens is 300 g/mol. The molecule has 6 heteroatoms. The highest BCUT2D eigenvalue weighted by Gasteiger charge is 2.01. The van der Waals surface area contributed by atoms with Gasteiger partial charge in [0, 0.05) is 35.3 Å². The van der Waals surface area contributed by atoms with E-state index in [0.717, 1.165) is 29.8 Å². The number of aliphatic imine (C=N–C) groups is 1. The number of aryl methyl sites for hydroxylation is 1. The van der Waals surface area contributed by atoms with Crippen LogP contribution in [0.4, 0.5) is 0 Å². The number of thioether (sulfide) groups is 1. The van der Waals surface area contributed by atoms with E-state index < -0.39 is 0 Å². The van der Waals surface area contributed by atoms with Gasteiger partial charge < -0.3 is 10.6 Å². The highest BCUT2D eigenvalue weighted by molar-refractivity contribution is 7.99. The van der Waals surface area contributed by atoms with Crippen LogP contribution in [0.5, 0.6) is 0 Å². The molecule has 4 nitrogen and oxygen atoms in total. The molecule has 1 heterocycles. The number of hydrogen-bond acceptors (Lipinski definition) is 4. The molecule has 112 valence electrons. The molecule has 21 heavy (non-hydrogen) atoms. The van der Waals surface area contributed by atoms with E-state index in [2.05, 4.69) is 44.9 Å². The molecule has 0 aliphatic carbocycles. The molecule has 1 aromatic carbocycles. The predicted molar refractivity (Wildman–Crippen MR) is 92.2 cm³/mol. The summed E-state index contributed by atoms with van der Waals surface area (Å²) in [6.45, 7) is 3.65. The first-order valence-electron chi connectivity index (χ1n) is 6.81. The molecule has 2 aromatic rings. The molecule has 0 unspecified atom stereocenters. The van der Waals surface area contributed by atoms with Gasteiger partial charge >= 0.3 is 0 Å². The summed E-state index contributed by atoms with van der Waals surface area (Å²) in [6, 6.07) is 10.4. The first-order chi connectivity index (χ1) is 10.3. The van der Waals surface area contributed by atoms with Gasteiger partial charge in [-0.05, 0) is 19.1 Å². The standard InChI is InChI=1S/C15H20N4S2/c1-12-18-10-14(21-12)11-19-15(16-2)17-8-9-20-13-6-4-3-5-7-13/h3-7,10H,8-9,11H2,1-2H3,(H2,16,17,19). The van der Waals surface area contributed by atoms with Crippen LogP contribution in [0.15, 0.2) is 46.4 Å². The molecule has 2 N–H and O–H groups in total. The van der Waals surface area contributed by atoms with E-state index in [4.69, 9.17) is 0 Å². The SMILES string of the molecule is CN=C(NCCSc1ccccc1)NCc1cnc(C)s1. The van der Waals surface area contributed by atoms with E-state index in [1.54, 1.807) is 18.4 Å². The number of thiazole rings is 1. The molecule has 0 amide bonds. The van der Waals surface area contributed by atoms with Crippen molar-refractivity contribution in [3.63, 3.8) is 0 Å². The van der Waals surface area contributed by atoms with Crippen LogP contribution < -0.4 is 10.6 Å². The van der Waals surface area contributed by atoms with Crippen molar-refractivity contribution in [1.29, 1.82) is 0 Å². The van der Waals surface area contributed by atoms with Crippen LogP contribution >= 0.6 is 23.1 Å². The van der Waals surface area contributed by atoms with Crippen molar-refractivity contribution in [1.82, 2.24) is 15.6 Å². The molecule has 0 bridgehead atoms. The lowest BCUT2D eigenvalue weighted by molar-refractivity contribution is 0.840. The topological polar surface area (TPSA) is 49.3 Å². The van der Waals surface area contributed by atoms with Gasteiger partial charge in [0.1, 0.15) is 0 Å². The van der Waals surface area contributed by atoms with Gasteiger partial charge in [0.05, 0.1) is 11.6 Å². The minimum absolute atomic E-state index is 0.761. The van der Waals surface area contributed by atoms with Crippen LogP contribution in [0.2, 0.25) is 0 Å². The molecule has 0 spiro atoms. The van der Waals surface area contributed by atoms with Gasteiger partial charge in [0.15, 0.2) is 5.96 Å². The van der Waals surface area contributed by atoms with E-state index in [1.165, 1.54) is 9.77 Å². The van der Waals surface area contributed by atoms with Gasteiger partial charge in [0.25, 0.3) is 0 Å². The van der Waals surface area contributed by atoms with Crippen LogP contribution in [0.1, 0.15) is 9.88 Å². The Hall–Kier alpha value is -1.53. The zero-order valence-electron chi connectivity index (χ0n) is 12.3. The number of guanidine groups is 1. The van der Waals surface area contributed by atoms with E-state index in [-0.39, 0.29) is 0 Å². The van der Waals surface area contributed by atoms with Crippen LogP contribution in [0.25, 0.3) is 0 Å². The zero-order valence-corrected chi connectivity index (χ0v) is 13.9. The Bertz CT molecular complexity index is 566. The maximum Gasteiger partial charge on any atom is 0.191 e. The lowest BCUT2D eigenvalue weighted by atomic mass is 10.4. The second-order valence-electron chi connectivity index (χ2n) is 4.36. The Balaban J connectivity index is 1.66. The van der Waals surface area contributed by atoms with E-state index in [1.807, 2.05) is 30.9 Å². The Labute approximate surface area is 134 Å². The predicted octanol–water partition coefficient (Wildman–Crippen LogP) is 2.91. The third-order valence-electron chi connectivity index (χ3n) is 2.73. The van der Waals surface area contributed by atoms with E-state index >= 15 is 0 Å². The average molecular weight is 320 g/mol. The summed E-state index contributed by atoms with van der Waals surface area (Å²) in [7, 11) is 1.79. The molecule has 0 saturated heterocycles. The highest BCUT2D eigenvalue weighted by Crippen LogP contribution is 2.15. The smallest absolute Gasteiger partial charge is 0.191 e. The third kappa shape index (κ3) is 5.77. The van der Waals surface area contributed by atoms with Gasteiger partial charge in [-0.3, -0.25) is 4.99 Å². The van der Waals surface area contributed by atoms with Crippen molar-refractivity contribution < 1.29 is 0 Å². The third-order valence-corrected chi connectivity index (χ3v) is 4.66. The number of hydrogen-bond donors (Lipinski definition) is 2. The Morgan fingerprint density at radius 1 is 1.29 bits per heavy atom. The summed E-state index contributed by atoms with van der Waals surface area (Å²) >= 11 is 3.54. The number of rotatable bonds is 6. The molecule has 0 atom stereocenters. The minimum Gasteiger partial charge on any atom is -0.356 e. The highest BCUT2D eigenvalue weighted by atomic mass is 32.2. The van der Waals surface area contributed by atoms with Gasteiger partial charge in [0.2, 0.25) is 0 Å². The Kier molecular flexibility index (Phi) is 6.56. The van der Waals surface area contributed by atoms with E-state index in [9.17, 15) is 0 Å². The Morgan fingerprint density at radius 2 is 2.10 bits per heavy atom. The normalized spacial score (nSPS) is 11.4. The summed E-state index contributed by atoms with van der Waals surface area (Å²) < 4.78 is 0. The zero-order chi connectivity index (χ0) is 14.9. The lowest BCUT2D eigenvalue weighted by Crippen LogP contribution is -2.37. The van der Waals surface area contributed by atoms with Gasteiger partial charge in [-0.2, -0.15) is 0 Å². The van der Waals surface area contributed by atoms with Crippen molar-refractivity contribution >= 4 is 29.1 Å². The summed E-state index contributed by atoms with van der Waals surface area (Å²) in [5.41, 5.74) is 0. The second kappa shape index (κ2) is 8.69. The maximum absolute atomic E-state index is 4.24. The summed E-state index contributed by atoms with van der Waals surface area (Å²) in [5.74, 6) is 1.83. The molecule has 1 aromatic heterocycles. The van der Waals surface area contributed by atoms with E-state index in [0.29, 0.717) is 0 Å². The summed E-state index contributed by atoms with van der Waals surface area (Å²) in [6.07, 6.45) is 1.91. The number of nitrogens with one attached hydrogen (secondary N) is 2. The fraction of sp³-hybridized carbons (Fsp3) is 0.333. The Morgan fingerprint density at radius 3 is 2.76 bits per heavy atom. The van der Waals surface area contributed by atoms with Gasteiger partial charge in [-0.1, -0.05) is 18.2 Å². The minimum atomic E-state index is 0.761. The first kappa shape index (κ1) is 15.9. The summed E-state index contributed by atoms with van der Waals surface area (Å²) in [5, 5.41) is 7.71. The first-order valence-corrected chi connectivity index (χ1v) is 8.62. The van der Waals surface area contributed by atoms with Crippen LogP contribution in [0, 0.1) is 6.92 Å². The monoisotopic (exact) mass is 320 g/mol. The van der Waals surface area contributed by atoms with Crippen LogP contribution in [-0.2, 0) is 6.54 Å². The largest absolute Gasteiger partial charge is 0.356 e. The van der Waals surface area contributed by atoms with Crippen LogP contribution in [0.3, 0.4) is 0 Å². The number of benzene rings is 1. The second-order valence-corrected chi connectivity index (χ2v) is 6.85. The van der Waals surface area contributed by atoms with Crippen molar-refractivity contribution in [2.24, 2.45) is 4.99 Å². The average Bonchev–Trinajstić information content (AvgIpc) is 2.93. The fourth-order valence-electron chi connectivity index (χ4n) is 1.73. The van der Waals surface area contributed by atoms with Gasteiger partial charge in [-0.15, -0.1) is 23.1 Å². The number of nitrogens with zero attached hydrogens (tertiary/aromatic N) is 2. The molecule has 0 aliphatic heterocycles. The van der Waals surface area contributed by atoms with Crippen molar-refractivity contribution in [3.05, 3.63) is 46.4 Å². The van der Waals surface area contributed by atoms with Gasteiger partial charge in [-0.25, -0.2) is 4.98 Å². The van der Waals surface area contributed by atoms with Crippen molar-refractivity contribution in [2.45, 2.75) is 18.4 Å². The fourth-order valence-corrected chi connectivity index (χ4v) is 3.26. The molecule has 0 radical (unpaired) electrons. The molecule has 0 fully saturated rings. The molecule has 0 aliphatic rings. The lowest BCUT2D eigenvalue weighted by Gasteiger charge is -2.10. The summed E-state index contributed by atoms with van der Waals surface area (Å²) in [4.78, 5) is 11.0. The van der Waals surface area contributed by atoms with Crippen LogP contribution in [-0.4, -0.2) is 30.3 Å². The quantitative estimate of drug-likeness (QED) is 0.372. The maximum atomic E-state index is 4.24.